The van der Waals surface area contributed by atoms with Crippen molar-refractivity contribution >= 4 is 10.0 Å². The summed E-state index contributed by atoms with van der Waals surface area (Å²) in [5.41, 5.74) is 0.146. The number of sulfonamides is 1. The van der Waals surface area contributed by atoms with Crippen molar-refractivity contribution in [2.24, 2.45) is 5.41 Å². The van der Waals surface area contributed by atoms with Crippen LogP contribution < -0.4 is 10.0 Å². The molecule has 0 bridgehead atoms. The van der Waals surface area contributed by atoms with E-state index in [1.165, 1.54) is 0 Å². The van der Waals surface area contributed by atoms with Crippen LogP contribution in [0.1, 0.15) is 32.6 Å². The van der Waals surface area contributed by atoms with E-state index in [4.69, 9.17) is 0 Å². The summed E-state index contributed by atoms with van der Waals surface area (Å²) < 4.78 is 26.1. The maximum Gasteiger partial charge on any atom is 0.214 e. The summed E-state index contributed by atoms with van der Waals surface area (Å²) in [6.07, 6.45) is 3.79. The number of piperidine rings is 1. The van der Waals surface area contributed by atoms with E-state index in [0.717, 1.165) is 38.8 Å². The van der Waals surface area contributed by atoms with Crippen molar-refractivity contribution < 1.29 is 8.42 Å². The Kier molecular flexibility index (Phi) is 3.05. The molecule has 0 aromatic rings. The molecule has 1 saturated carbocycles. The van der Waals surface area contributed by atoms with Gasteiger partial charge in [0.25, 0.3) is 0 Å². The van der Waals surface area contributed by atoms with Crippen LogP contribution in [0.4, 0.5) is 0 Å². The van der Waals surface area contributed by atoms with Gasteiger partial charge in [-0.3, -0.25) is 0 Å². The molecule has 4 nitrogen and oxygen atoms in total. The van der Waals surface area contributed by atoms with E-state index in [2.05, 4.69) is 17.0 Å². The van der Waals surface area contributed by atoms with Crippen LogP contribution >= 0.6 is 0 Å². The summed E-state index contributed by atoms with van der Waals surface area (Å²) in [5, 5.41) is 3.20. The molecule has 15 heavy (non-hydrogen) atoms. The van der Waals surface area contributed by atoms with Crippen LogP contribution in [0.2, 0.25) is 0 Å². The van der Waals surface area contributed by atoms with Crippen LogP contribution in [-0.4, -0.2) is 33.3 Å². The van der Waals surface area contributed by atoms with E-state index in [1.807, 2.05) is 0 Å². The Morgan fingerprint density at radius 2 is 1.93 bits per heavy atom. The summed E-state index contributed by atoms with van der Waals surface area (Å²) in [7, 11) is -2.99. The van der Waals surface area contributed by atoms with Gasteiger partial charge in [0.05, 0.1) is 5.25 Å². The normalized spacial score (nSPS) is 26.5. The number of hydrogen-bond acceptors (Lipinski definition) is 3. The zero-order valence-corrected chi connectivity index (χ0v) is 10.1. The van der Waals surface area contributed by atoms with Crippen molar-refractivity contribution in [2.75, 3.05) is 19.6 Å². The molecule has 2 aliphatic rings. The van der Waals surface area contributed by atoms with Gasteiger partial charge in [-0.05, 0) is 44.2 Å². The third-order valence-corrected chi connectivity index (χ3v) is 5.37. The molecular formula is C10H20N2O2S. The Morgan fingerprint density at radius 3 is 2.47 bits per heavy atom. The second-order valence-electron chi connectivity index (χ2n) is 5.13. The third-order valence-electron chi connectivity index (χ3n) is 3.47. The zero-order valence-electron chi connectivity index (χ0n) is 9.25. The summed E-state index contributed by atoms with van der Waals surface area (Å²) in [6.45, 7) is 4.78. The second-order valence-corrected chi connectivity index (χ2v) is 7.17. The molecule has 1 aliphatic heterocycles. The Balaban J connectivity index is 1.86. The molecule has 0 aromatic heterocycles. The van der Waals surface area contributed by atoms with Crippen molar-refractivity contribution in [2.45, 2.75) is 37.9 Å². The molecule has 0 spiro atoms. The predicted octanol–water partition coefficient (Wildman–Crippen LogP) is 0.458. The molecular weight excluding hydrogens is 212 g/mol. The highest BCUT2D eigenvalue weighted by atomic mass is 32.2. The van der Waals surface area contributed by atoms with Crippen LogP contribution in [0.5, 0.6) is 0 Å². The van der Waals surface area contributed by atoms with E-state index in [-0.39, 0.29) is 10.7 Å². The van der Waals surface area contributed by atoms with Gasteiger partial charge in [-0.15, -0.1) is 0 Å². The van der Waals surface area contributed by atoms with Gasteiger partial charge in [-0.25, -0.2) is 13.1 Å². The Hall–Kier alpha value is -0.130. The molecule has 0 aromatic carbocycles. The maximum absolute atomic E-state index is 11.7. The zero-order chi connectivity index (χ0) is 10.9. The molecule has 2 fully saturated rings. The van der Waals surface area contributed by atoms with Gasteiger partial charge >= 0.3 is 0 Å². The Labute approximate surface area is 91.9 Å². The lowest BCUT2D eigenvalue weighted by molar-refractivity contribution is 0.232. The molecule has 1 aliphatic carbocycles. The summed E-state index contributed by atoms with van der Waals surface area (Å²) in [4.78, 5) is 0. The van der Waals surface area contributed by atoms with Gasteiger partial charge in [-0.2, -0.15) is 0 Å². The highest BCUT2D eigenvalue weighted by Gasteiger charge is 2.37. The molecule has 0 unspecified atom stereocenters. The first-order valence-corrected chi connectivity index (χ1v) is 7.26. The van der Waals surface area contributed by atoms with Crippen LogP contribution in [0.15, 0.2) is 0 Å². The predicted molar refractivity (Wildman–Crippen MR) is 60.2 cm³/mol. The minimum atomic E-state index is -2.99. The fraction of sp³-hybridized carbons (Fsp3) is 1.00. The molecule has 1 heterocycles. The van der Waals surface area contributed by atoms with Crippen molar-refractivity contribution in [3.05, 3.63) is 0 Å². The molecule has 0 atom stereocenters. The van der Waals surface area contributed by atoms with E-state index < -0.39 is 10.0 Å². The fourth-order valence-electron chi connectivity index (χ4n) is 1.98. The standard InChI is InChI=1S/C10H20N2O2S/c1-10(4-6-11-7-5-10)8-12-15(13,14)9-2-3-9/h9,11-12H,2-8H2,1H3. The first-order chi connectivity index (χ1) is 7.02. The van der Waals surface area contributed by atoms with E-state index in [9.17, 15) is 8.42 Å². The van der Waals surface area contributed by atoms with Crippen molar-refractivity contribution in [1.82, 2.24) is 10.0 Å². The smallest absolute Gasteiger partial charge is 0.214 e. The van der Waals surface area contributed by atoms with Crippen LogP contribution in [0.25, 0.3) is 0 Å². The monoisotopic (exact) mass is 232 g/mol. The maximum atomic E-state index is 11.7. The highest BCUT2D eigenvalue weighted by molar-refractivity contribution is 7.90. The summed E-state index contributed by atoms with van der Waals surface area (Å²) in [5.74, 6) is 0. The molecule has 2 N–H and O–H groups in total. The number of nitrogens with one attached hydrogen (secondary N) is 2. The molecule has 2 rings (SSSR count). The average Bonchev–Trinajstić information content (AvgIpc) is 3.00. The first kappa shape index (κ1) is 11.4. The third kappa shape index (κ3) is 2.92. The van der Waals surface area contributed by atoms with Crippen molar-refractivity contribution in [1.29, 1.82) is 0 Å². The van der Waals surface area contributed by atoms with Crippen LogP contribution in [0.3, 0.4) is 0 Å². The lowest BCUT2D eigenvalue weighted by Crippen LogP contribution is -2.43. The fourth-order valence-corrected chi connectivity index (χ4v) is 3.52. The van der Waals surface area contributed by atoms with Gasteiger partial charge in [-0.1, -0.05) is 6.92 Å². The topological polar surface area (TPSA) is 58.2 Å². The van der Waals surface area contributed by atoms with Gasteiger partial charge in [0, 0.05) is 6.54 Å². The summed E-state index contributed by atoms with van der Waals surface area (Å²) in [6, 6.07) is 0. The quantitative estimate of drug-likeness (QED) is 0.740. The van der Waals surface area contributed by atoms with Crippen LogP contribution in [0, 0.1) is 5.41 Å². The lowest BCUT2D eigenvalue weighted by Gasteiger charge is -2.34. The van der Waals surface area contributed by atoms with Gasteiger partial charge in [0.2, 0.25) is 10.0 Å². The van der Waals surface area contributed by atoms with E-state index in [0.29, 0.717) is 6.54 Å². The largest absolute Gasteiger partial charge is 0.317 e. The number of rotatable bonds is 4. The first-order valence-electron chi connectivity index (χ1n) is 5.71. The van der Waals surface area contributed by atoms with E-state index >= 15 is 0 Å². The Bertz CT molecular complexity index is 316. The molecule has 5 heteroatoms. The molecule has 1 saturated heterocycles. The lowest BCUT2D eigenvalue weighted by atomic mass is 9.81. The van der Waals surface area contributed by atoms with Crippen LogP contribution in [-0.2, 0) is 10.0 Å². The SMILES string of the molecule is CC1(CNS(=O)(=O)C2CC2)CCNCC1. The second kappa shape index (κ2) is 4.03. The molecule has 0 radical (unpaired) electrons. The minimum Gasteiger partial charge on any atom is -0.317 e. The summed E-state index contributed by atoms with van der Waals surface area (Å²) >= 11 is 0. The van der Waals surface area contributed by atoms with E-state index in [1.54, 1.807) is 0 Å². The minimum absolute atomic E-state index is 0.0946. The Morgan fingerprint density at radius 1 is 1.33 bits per heavy atom. The van der Waals surface area contributed by atoms with Crippen molar-refractivity contribution in [3.8, 4) is 0 Å². The average molecular weight is 232 g/mol. The highest BCUT2D eigenvalue weighted by Crippen LogP contribution is 2.30. The van der Waals surface area contributed by atoms with Gasteiger partial charge < -0.3 is 5.32 Å². The van der Waals surface area contributed by atoms with Gasteiger partial charge in [0.1, 0.15) is 0 Å². The molecule has 0 amide bonds. The van der Waals surface area contributed by atoms with Gasteiger partial charge in [0.15, 0.2) is 0 Å². The number of hydrogen-bond donors (Lipinski definition) is 2. The molecule has 88 valence electrons. The van der Waals surface area contributed by atoms with Crippen molar-refractivity contribution in [3.63, 3.8) is 0 Å².